The van der Waals surface area contributed by atoms with Gasteiger partial charge in [-0.25, -0.2) is 0 Å². The Balaban J connectivity index is 2.34. The van der Waals surface area contributed by atoms with E-state index < -0.39 is 0 Å². The Bertz CT molecular complexity index is 190. The first kappa shape index (κ1) is 15.0. The van der Waals surface area contributed by atoms with E-state index in [1.165, 1.54) is 51.9 Å². The molecular formula is C15H32N2. The van der Waals surface area contributed by atoms with Crippen molar-refractivity contribution in [3.05, 3.63) is 0 Å². The summed E-state index contributed by atoms with van der Waals surface area (Å²) in [6.07, 6.45) is 5.41. The molecule has 1 fully saturated rings. The van der Waals surface area contributed by atoms with Gasteiger partial charge in [-0.2, -0.15) is 0 Å². The van der Waals surface area contributed by atoms with Crippen LogP contribution in [0.25, 0.3) is 0 Å². The van der Waals surface area contributed by atoms with E-state index in [0.29, 0.717) is 5.41 Å². The Morgan fingerprint density at radius 1 is 1.18 bits per heavy atom. The quantitative estimate of drug-likeness (QED) is 0.715. The minimum Gasteiger partial charge on any atom is -0.317 e. The molecule has 0 aromatic carbocycles. The van der Waals surface area contributed by atoms with Gasteiger partial charge in [0, 0.05) is 6.54 Å². The topological polar surface area (TPSA) is 24.1 Å². The van der Waals surface area contributed by atoms with Gasteiger partial charge in [-0.15, -0.1) is 0 Å². The summed E-state index contributed by atoms with van der Waals surface area (Å²) in [6, 6.07) is 0. The smallest absolute Gasteiger partial charge is 0.000887 e. The number of rotatable bonds is 7. The molecule has 1 heterocycles. The van der Waals surface area contributed by atoms with Crippen LogP contribution < -0.4 is 10.6 Å². The first-order chi connectivity index (χ1) is 8.09. The Morgan fingerprint density at radius 2 is 1.82 bits per heavy atom. The van der Waals surface area contributed by atoms with E-state index in [1.807, 2.05) is 0 Å². The highest BCUT2D eigenvalue weighted by Crippen LogP contribution is 2.33. The van der Waals surface area contributed by atoms with Gasteiger partial charge in [-0.05, 0) is 56.1 Å². The summed E-state index contributed by atoms with van der Waals surface area (Å²) in [4.78, 5) is 0. The summed E-state index contributed by atoms with van der Waals surface area (Å²) in [5, 5.41) is 7.22. The first-order valence-corrected chi connectivity index (χ1v) is 7.51. The summed E-state index contributed by atoms with van der Waals surface area (Å²) < 4.78 is 0. The summed E-state index contributed by atoms with van der Waals surface area (Å²) in [5.74, 6) is 1.58. The first-order valence-electron chi connectivity index (χ1n) is 7.51. The average Bonchev–Trinajstić information content (AvgIpc) is 2.30. The van der Waals surface area contributed by atoms with Gasteiger partial charge < -0.3 is 10.6 Å². The molecule has 0 aliphatic carbocycles. The van der Waals surface area contributed by atoms with Gasteiger partial charge in [0.05, 0.1) is 0 Å². The summed E-state index contributed by atoms with van der Waals surface area (Å²) in [7, 11) is 0. The van der Waals surface area contributed by atoms with E-state index in [9.17, 15) is 0 Å². The Kier molecular flexibility index (Phi) is 6.50. The molecule has 1 saturated heterocycles. The highest BCUT2D eigenvalue weighted by Gasteiger charge is 2.30. The minimum atomic E-state index is 0.580. The van der Waals surface area contributed by atoms with Gasteiger partial charge in [0.25, 0.3) is 0 Å². The lowest BCUT2D eigenvalue weighted by atomic mass is 9.75. The van der Waals surface area contributed by atoms with Crippen LogP contribution in [0.3, 0.4) is 0 Å². The van der Waals surface area contributed by atoms with Crippen LogP contribution in [0.2, 0.25) is 0 Å². The maximum atomic E-state index is 3.73. The molecule has 1 atom stereocenters. The molecule has 2 N–H and O–H groups in total. The maximum Gasteiger partial charge on any atom is 0.000887 e. The zero-order valence-electron chi connectivity index (χ0n) is 12.3. The summed E-state index contributed by atoms with van der Waals surface area (Å²) in [5.41, 5.74) is 0.580. The molecule has 0 radical (unpaired) electrons. The molecule has 102 valence electrons. The molecule has 0 bridgehead atoms. The fraction of sp³-hybridized carbons (Fsp3) is 1.00. The van der Waals surface area contributed by atoms with Crippen LogP contribution in [0.1, 0.15) is 53.4 Å². The van der Waals surface area contributed by atoms with E-state index in [4.69, 9.17) is 0 Å². The molecule has 1 aliphatic rings. The van der Waals surface area contributed by atoms with E-state index in [1.54, 1.807) is 0 Å². The average molecular weight is 240 g/mol. The van der Waals surface area contributed by atoms with Crippen LogP contribution in [0.5, 0.6) is 0 Å². The fourth-order valence-electron chi connectivity index (χ4n) is 2.80. The lowest BCUT2D eigenvalue weighted by Crippen LogP contribution is -2.44. The van der Waals surface area contributed by atoms with Crippen molar-refractivity contribution in [2.45, 2.75) is 53.4 Å². The van der Waals surface area contributed by atoms with E-state index in [2.05, 4.69) is 38.3 Å². The lowest BCUT2D eigenvalue weighted by Gasteiger charge is -2.38. The SMILES string of the molecule is CCCC1(CNCC(C)C(C)C)CCNCC1. The third-order valence-electron chi connectivity index (χ3n) is 4.55. The maximum absolute atomic E-state index is 3.73. The second kappa shape index (κ2) is 7.38. The van der Waals surface area contributed by atoms with Crippen LogP contribution in [0, 0.1) is 17.3 Å². The van der Waals surface area contributed by atoms with Crippen molar-refractivity contribution >= 4 is 0 Å². The zero-order valence-corrected chi connectivity index (χ0v) is 12.3. The molecule has 1 rings (SSSR count). The lowest BCUT2D eigenvalue weighted by molar-refractivity contribution is 0.172. The predicted octanol–water partition coefficient (Wildman–Crippen LogP) is 3.04. The van der Waals surface area contributed by atoms with Gasteiger partial charge in [0.15, 0.2) is 0 Å². The minimum absolute atomic E-state index is 0.580. The van der Waals surface area contributed by atoms with Crippen LogP contribution in [-0.4, -0.2) is 26.2 Å². The van der Waals surface area contributed by atoms with Crippen molar-refractivity contribution in [3.63, 3.8) is 0 Å². The molecule has 1 unspecified atom stereocenters. The van der Waals surface area contributed by atoms with Gasteiger partial charge in [-0.3, -0.25) is 0 Å². The Hall–Kier alpha value is -0.0800. The second-order valence-corrected chi connectivity index (χ2v) is 6.35. The highest BCUT2D eigenvalue weighted by molar-refractivity contribution is 4.86. The molecule has 2 heteroatoms. The van der Waals surface area contributed by atoms with Crippen molar-refractivity contribution in [1.82, 2.24) is 10.6 Å². The Morgan fingerprint density at radius 3 is 2.35 bits per heavy atom. The van der Waals surface area contributed by atoms with E-state index in [-0.39, 0.29) is 0 Å². The molecule has 0 amide bonds. The van der Waals surface area contributed by atoms with Crippen molar-refractivity contribution in [3.8, 4) is 0 Å². The molecular weight excluding hydrogens is 208 g/mol. The molecule has 17 heavy (non-hydrogen) atoms. The van der Waals surface area contributed by atoms with Crippen molar-refractivity contribution in [2.75, 3.05) is 26.2 Å². The standard InChI is InChI=1S/C15H32N2/c1-5-6-15(7-9-16-10-8-15)12-17-11-14(4)13(2)3/h13-14,16-17H,5-12H2,1-4H3. The Labute approximate surface area is 108 Å². The largest absolute Gasteiger partial charge is 0.317 e. The zero-order chi connectivity index (χ0) is 12.7. The number of hydrogen-bond acceptors (Lipinski definition) is 2. The van der Waals surface area contributed by atoms with Crippen molar-refractivity contribution in [2.24, 2.45) is 17.3 Å². The predicted molar refractivity (Wildman–Crippen MR) is 76.3 cm³/mol. The third kappa shape index (κ3) is 4.97. The van der Waals surface area contributed by atoms with Crippen LogP contribution in [0.15, 0.2) is 0 Å². The molecule has 0 saturated carbocycles. The monoisotopic (exact) mass is 240 g/mol. The summed E-state index contributed by atoms with van der Waals surface area (Å²) in [6.45, 7) is 14.1. The van der Waals surface area contributed by atoms with Crippen molar-refractivity contribution in [1.29, 1.82) is 0 Å². The molecule has 0 spiro atoms. The molecule has 0 aromatic rings. The van der Waals surface area contributed by atoms with Gasteiger partial charge in [0.2, 0.25) is 0 Å². The number of piperidine rings is 1. The fourth-order valence-corrected chi connectivity index (χ4v) is 2.80. The van der Waals surface area contributed by atoms with Crippen LogP contribution in [0.4, 0.5) is 0 Å². The molecule has 0 aromatic heterocycles. The van der Waals surface area contributed by atoms with Crippen LogP contribution in [-0.2, 0) is 0 Å². The van der Waals surface area contributed by atoms with Crippen molar-refractivity contribution < 1.29 is 0 Å². The van der Waals surface area contributed by atoms with E-state index >= 15 is 0 Å². The number of hydrogen-bond donors (Lipinski definition) is 2. The molecule has 1 aliphatic heterocycles. The van der Waals surface area contributed by atoms with Gasteiger partial charge in [0.1, 0.15) is 0 Å². The van der Waals surface area contributed by atoms with Crippen LogP contribution >= 0.6 is 0 Å². The van der Waals surface area contributed by atoms with Gasteiger partial charge in [-0.1, -0.05) is 34.1 Å². The van der Waals surface area contributed by atoms with Gasteiger partial charge >= 0.3 is 0 Å². The third-order valence-corrected chi connectivity index (χ3v) is 4.55. The highest BCUT2D eigenvalue weighted by atomic mass is 14.9. The normalized spacial score (nSPS) is 21.7. The van der Waals surface area contributed by atoms with E-state index in [0.717, 1.165) is 11.8 Å². The molecule has 2 nitrogen and oxygen atoms in total. The number of nitrogens with one attached hydrogen (secondary N) is 2. The summed E-state index contributed by atoms with van der Waals surface area (Å²) >= 11 is 0. The second-order valence-electron chi connectivity index (χ2n) is 6.35.